The van der Waals surface area contributed by atoms with Crippen LogP contribution in [0.3, 0.4) is 0 Å². The summed E-state index contributed by atoms with van der Waals surface area (Å²) in [5.74, 6) is -1.64. The number of nitrogens with zero attached hydrogens (tertiary/aromatic N) is 1. The Balaban J connectivity index is 1.63. The van der Waals surface area contributed by atoms with Gasteiger partial charge in [0.2, 0.25) is 23.6 Å². The van der Waals surface area contributed by atoms with Crippen LogP contribution in [-0.2, 0) is 28.7 Å². The lowest BCUT2D eigenvalue weighted by atomic mass is 9.95. The summed E-state index contributed by atoms with van der Waals surface area (Å²) in [6.07, 6.45) is -5.95. The summed E-state index contributed by atoms with van der Waals surface area (Å²) >= 11 is 0. The fourth-order valence-electron chi connectivity index (χ4n) is 5.57. The molecule has 0 spiro atoms. The molecule has 0 aromatic rings. The number of hydrogen-bond donors (Lipinski definition) is 12. The zero-order chi connectivity index (χ0) is 34.7. The number of β-amino-alcohol motifs (C(OH)–C–C–N with tert-alkyl or cyclic N) is 1. The van der Waals surface area contributed by atoms with E-state index in [9.17, 15) is 39.3 Å². The highest BCUT2D eigenvalue weighted by Gasteiger charge is 2.48. The molecule has 266 valence electrons. The van der Waals surface area contributed by atoms with Gasteiger partial charge in [0, 0.05) is 44.9 Å². The Hall–Kier alpha value is -3.82. The van der Waals surface area contributed by atoms with Crippen LogP contribution in [0.15, 0.2) is 4.99 Å². The maximum Gasteiger partial charge on any atom is 0.404 e. The van der Waals surface area contributed by atoms with E-state index < -0.39 is 79.3 Å². The average molecular weight is 673 g/mol. The molecule has 0 unspecified atom stereocenters. The van der Waals surface area contributed by atoms with Gasteiger partial charge in [-0.05, 0) is 32.2 Å². The molecule has 10 atom stereocenters. The quantitative estimate of drug-likeness (QED) is 0.0680. The van der Waals surface area contributed by atoms with Gasteiger partial charge in [0.25, 0.3) is 0 Å². The molecule has 0 aromatic heterocycles. The number of carbonyl (C=O) groups is 5. The summed E-state index contributed by atoms with van der Waals surface area (Å²) in [4.78, 5) is 64.9. The van der Waals surface area contributed by atoms with Crippen molar-refractivity contribution in [1.82, 2.24) is 31.9 Å². The van der Waals surface area contributed by atoms with Gasteiger partial charge in [0.15, 0.2) is 18.2 Å². The largest absolute Gasteiger partial charge is 0.447 e. The highest BCUT2D eigenvalue weighted by Crippen LogP contribution is 2.22. The normalized spacial score (nSPS) is 29.6. The lowest BCUT2D eigenvalue weighted by Gasteiger charge is -2.43. The number of primary amides is 1. The second-order valence-corrected chi connectivity index (χ2v) is 11.8. The van der Waals surface area contributed by atoms with Gasteiger partial charge in [0.1, 0.15) is 31.0 Å². The predicted octanol–water partition coefficient (Wildman–Crippen LogP) is -5.96. The van der Waals surface area contributed by atoms with Crippen LogP contribution in [0.2, 0.25) is 0 Å². The number of nitrogens with two attached hydrogens (primary N) is 3. The van der Waals surface area contributed by atoms with Crippen molar-refractivity contribution < 1.29 is 48.8 Å². The third kappa shape index (κ3) is 11.4. The first kappa shape index (κ1) is 37.6. The third-order valence-electron chi connectivity index (χ3n) is 7.94. The fourth-order valence-corrected chi connectivity index (χ4v) is 5.57. The number of fused-ring (bicyclic) bond motifs is 1. The van der Waals surface area contributed by atoms with Crippen molar-refractivity contribution in [2.24, 2.45) is 22.2 Å². The van der Waals surface area contributed by atoms with Crippen LogP contribution in [0.5, 0.6) is 0 Å². The molecule has 0 bridgehead atoms. The summed E-state index contributed by atoms with van der Waals surface area (Å²) in [6, 6.07) is -3.96. The van der Waals surface area contributed by atoms with Gasteiger partial charge in [-0.15, -0.1) is 0 Å². The molecule has 0 radical (unpaired) electrons. The van der Waals surface area contributed by atoms with Crippen molar-refractivity contribution >= 4 is 35.7 Å². The molecule has 5 amide bonds. The molecule has 3 aliphatic heterocycles. The minimum Gasteiger partial charge on any atom is -0.447 e. The van der Waals surface area contributed by atoms with Crippen LogP contribution < -0.4 is 49.1 Å². The molecule has 47 heavy (non-hydrogen) atoms. The van der Waals surface area contributed by atoms with Crippen LogP contribution in [0, 0.1) is 0 Å². The number of aliphatic hydroxyl groups excluding tert-OH is 3. The van der Waals surface area contributed by atoms with Crippen LogP contribution in [-0.4, -0.2) is 138 Å². The number of hydrogen-bond acceptors (Lipinski definition) is 15. The number of amides is 5. The van der Waals surface area contributed by atoms with Crippen molar-refractivity contribution in [1.29, 1.82) is 0 Å². The summed E-state index contributed by atoms with van der Waals surface area (Å²) in [6.45, 7) is 1.55. The van der Waals surface area contributed by atoms with Crippen LogP contribution >= 0.6 is 0 Å². The predicted molar refractivity (Wildman–Crippen MR) is 164 cm³/mol. The lowest BCUT2D eigenvalue weighted by Crippen LogP contribution is -2.69. The van der Waals surface area contributed by atoms with E-state index in [4.69, 9.17) is 26.7 Å². The van der Waals surface area contributed by atoms with E-state index in [1.54, 1.807) is 0 Å². The maximum atomic E-state index is 13.2. The van der Waals surface area contributed by atoms with Gasteiger partial charge in [0.05, 0.1) is 12.1 Å². The van der Waals surface area contributed by atoms with E-state index >= 15 is 0 Å². The number of carbonyl (C=O) groups excluding carboxylic acids is 5. The molecule has 20 nitrogen and oxygen atoms in total. The van der Waals surface area contributed by atoms with Gasteiger partial charge in [-0.2, -0.15) is 0 Å². The molecule has 15 N–H and O–H groups in total. The molecule has 0 aromatic carbocycles. The lowest BCUT2D eigenvalue weighted by molar-refractivity contribution is -0.198. The standard InChI is InChI=1S/C27H48N10O10/c1-12(38)33-14(5-3-7-31-17(40)8-13(29)4-2-6-28)9-18(41)34-21-23(43)22(42)16(11-46-26(30)45)47-25(21)37-27-35-19-15(39)10-32-24(44)20(19)36-27/h13-16,19-23,25,39,42-43H,2-11,28-29H2,1H3,(H2,30,45)(H,31,40)(H,32,44)(H,33,38)(H,34,41)(H2,35,36,37)/t13-,14-,15+,16+,19+,20-,21+,22-,23-,25+/m0/s1. The number of piperidine rings is 1. The average Bonchev–Trinajstić information content (AvgIpc) is 3.44. The monoisotopic (exact) mass is 672 g/mol. The first-order chi connectivity index (χ1) is 22.3. The Morgan fingerprint density at radius 3 is 2.51 bits per heavy atom. The first-order valence-electron chi connectivity index (χ1n) is 15.6. The summed E-state index contributed by atoms with van der Waals surface area (Å²) in [5.41, 5.74) is 16.4. The van der Waals surface area contributed by atoms with Crippen molar-refractivity contribution in [3.63, 3.8) is 0 Å². The van der Waals surface area contributed by atoms with E-state index in [1.807, 2.05) is 0 Å². The number of ether oxygens (including phenoxy) is 2. The number of guanidine groups is 1. The summed E-state index contributed by atoms with van der Waals surface area (Å²) in [7, 11) is 0. The van der Waals surface area contributed by atoms with E-state index in [0.717, 1.165) is 0 Å². The van der Waals surface area contributed by atoms with Crippen LogP contribution in [0.4, 0.5) is 4.79 Å². The Labute approximate surface area is 271 Å². The van der Waals surface area contributed by atoms with Gasteiger partial charge >= 0.3 is 6.09 Å². The minimum absolute atomic E-state index is 0.0110. The number of aliphatic imine (C=N–C) groups is 1. The molecule has 3 heterocycles. The van der Waals surface area contributed by atoms with Crippen LogP contribution in [0.25, 0.3) is 0 Å². The molecule has 0 aliphatic carbocycles. The minimum atomic E-state index is -1.66. The van der Waals surface area contributed by atoms with E-state index in [2.05, 4.69) is 36.9 Å². The molecule has 3 rings (SSSR count). The zero-order valence-electron chi connectivity index (χ0n) is 26.2. The molecule has 2 saturated heterocycles. The van der Waals surface area contributed by atoms with Crippen molar-refractivity contribution in [3.8, 4) is 0 Å². The van der Waals surface area contributed by atoms with E-state index in [-0.39, 0.29) is 49.7 Å². The Morgan fingerprint density at radius 2 is 1.85 bits per heavy atom. The highest BCUT2D eigenvalue weighted by atomic mass is 16.6. The molecular formula is C27H48N10O10. The van der Waals surface area contributed by atoms with Gasteiger partial charge in [-0.3, -0.25) is 19.2 Å². The van der Waals surface area contributed by atoms with Crippen molar-refractivity contribution in [2.75, 3.05) is 26.2 Å². The second-order valence-electron chi connectivity index (χ2n) is 11.8. The summed E-state index contributed by atoms with van der Waals surface area (Å²) in [5, 5.41) is 48.4. The number of aliphatic hydroxyl groups is 3. The zero-order valence-corrected chi connectivity index (χ0v) is 26.2. The van der Waals surface area contributed by atoms with Gasteiger partial charge in [-0.25, -0.2) is 9.79 Å². The molecule has 3 aliphatic rings. The van der Waals surface area contributed by atoms with Crippen molar-refractivity contribution in [3.05, 3.63) is 0 Å². The number of nitrogens with one attached hydrogen (secondary N) is 6. The fraction of sp³-hybridized carbons (Fsp3) is 0.778. The molecule has 20 heteroatoms. The first-order valence-corrected chi connectivity index (χ1v) is 15.6. The third-order valence-corrected chi connectivity index (χ3v) is 7.94. The summed E-state index contributed by atoms with van der Waals surface area (Å²) < 4.78 is 10.6. The van der Waals surface area contributed by atoms with E-state index in [0.29, 0.717) is 32.2 Å². The maximum absolute atomic E-state index is 13.2. The Morgan fingerprint density at radius 1 is 1.11 bits per heavy atom. The Bertz CT molecular complexity index is 1150. The molecular weight excluding hydrogens is 624 g/mol. The van der Waals surface area contributed by atoms with Gasteiger partial charge < -0.3 is 73.9 Å². The smallest absolute Gasteiger partial charge is 0.404 e. The highest BCUT2D eigenvalue weighted by molar-refractivity contribution is 5.92. The van der Waals surface area contributed by atoms with Crippen LogP contribution in [0.1, 0.15) is 45.4 Å². The SMILES string of the molecule is CC(=O)N[C@@H](CCCNC(=O)C[C@@H](N)CCCN)CC(=O)N[C@@H]1[C@H](O)[C@@H](O)[C@@H](COC(N)=O)O[C@H]1NC1=N[C@@H]2C(=O)NC[C@@H](O)[C@H]2N1. The second kappa shape index (κ2) is 17.9. The van der Waals surface area contributed by atoms with E-state index in [1.165, 1.54) is 6.92 Å². The van der Waals surface area contributed by atoms with Gasteiger partial charge in [-0.1, -0.05) is 0 Å². The topological polar surface area (TPSA) is 327 Å². The Kier molecular flexibility index (Phi) is 14.3. The molecule has 2 fully saturated rings. The molecule has 0 saturated carbocycles. The number of rotatable bonds is 16. The van der Waals surface area contributed by atoms with Crippen molar-refractivity contribution in [2.45, 2.75) is 106 Å².